The van der Waals surface area contributed by atoms with E-state index in [1.165, 1.54) is 17.0 Å². The molecule has 0 atom stereocenters. The number of aromatic nitrogens is 4. The molecule has 8 nitrogen and oxygen atoms in total. The van der Waals surface area contributed by atoms with Gasteiger partial charge in [0.2, 0.25) is 0 Å². The number of nitrogens with zero attached hydrogens (tertiary/aromatic N) is 3. The Morgan fingerprint density at radius 2 is 1.81 bits per heavy atom. The summed E-state index contributed by atoms with van der Waals surface area (Å²) in [4.78, 5) is 29.7. The van der Waals surface area contributed by atoms with Crippen LogP contribution in [0.3, 0.4) is 0 Å². The van der Waals surface area contributed by atoms with Gasteiger partial charge in [-0.2, -0.15) is 0 Å². The maximum absolute atomic E-state index is 13.5. The van der Waals surface area contributed by atoms with E-state index in [0.29, 0.717) is 16.9 Å². The van der Waals surface area contributed by atoms with Crippen LogP contribution in [-0.4, -0.2) is 30.8 Å². The number of H-pyrrole nitrogens is 1. The Kier molecular flexibility index (Phi) is 4.92. The van der Waals surface area contributed by atoms with Crippen LogP contribution in [0.4, 0.5) is 0 Å². The number of benzene rings is 1. The van der Waals surface area contributed by atoms with Gasteiger partial charge in [0, 0.05) is 22.8 Å². The fraction of sp³-hybridized carbons (Fsp3) is 0.333. The first-order valence-corrected chi connectivity index (χ1v) is 10.9. The first-order chi connectivity index (χ1) is 15.4. The van der Waals surface area contributed by atoms with Crippen molar-refractivity contribution in [3.8, 4) is 22.4 Å². The summed E-state index contributed by atoms with van der Waals surface area (Å²) in [5.41, 5.74) is 4.91. The van der Waals surface area contributed by atoms with Crippen molar-refractivity contribution in [2.24, 2.45) is 0 Å². The molecule has 4 aromatic rings. The molecule has 0 spiro atoms. The van der Waals surface area contributed by atoms with E-state index in [2.05, 4.69) is 10.3 Å². The fourth-order valence-electron chi connectivity index (χ4n) is 4.82. The molecule has 1 aliphatic carbocycles. The van der Waals surface area contributed by atoms with E-state index in [-0.39, 0.29) is 17.2 Å². The molecule has 32 heavy (non-hydrogen) atoms. The highest BCUT2D eigenvalue weighted by molar-refractivity contribution is 5.86. The van der Waals surface area contributed by atoms with Gasteiger partial charge in [-0.3, -0.25) is 9.89 Å². The lowest BCUT2D eigenvalue weighted by atomic mass is 9.82. The van der Waals surface area contributed by atoms with Crippen LogP contribution in [0.1, 0.15) is 65.5 Å². The van der Waals surface area contributed by atoms with Crippen molar-refractivity contribution in [1.82, 2.24) is 19.8 Å². The Labute approximate surface area is 183 Å². The highest BCUT2D eigenvalue weighted by atomic mass is 16.5. The molecule has 0 amide bonds. The highest BCUT2D eigenvalue weighted by Crippen LogP contribution is 2.36. The van der Waals surface area contributed by atoms with Gasteiger partial charge >= 0.3 is 5.97 Å². The second kappa shape index (κ2) is 7.78. The van der Waals surface area contributed by atoms with Crippen LogP contribution in [0.2, 0.25) is 0 Å². The van der Waals surface area contributed by atoms with Gasteiger partial charge in [0.15, 0.2) is 5.65 Å². The Balaban J connectivity index is 1.68. The Bertz CT molecular complexity index is 1350. The number of aromatic amines is 1. The molecule has 1 fully saturated rings. The lowest BCUT2D eigenvalue weighted by Gasteiger charge is -2.23. The van der Waals surface area contributed by atoms with Crippen molar-refractivity contribution in [2.45, 2.75) is 51.9 Å². The van der Waals surface area contributed by atoms with Gasteiger partial charge < -0.3 is 9.63 Å². The van der Waals surface area contributed by atoms with Gasteiger partial charge in [-0.15, -0.1) is 0 Å². The quantitative estimate of drug-likeness (QED) is 0.483. The Morgan fingerprint density at radius 1 is 1.12 bits per heavy atom. The minimum Gasteiger partial charge on any atom is -0.477 e. The number of carbonyl (C=O) groups is 1. The summed E-state index contributed by atoms with van der Waals surface area (Å²) < 4.78 is 6.55. The topological polar surface area (TPSA) is 113 Å². The number of nitrogens with one attached hydrogen (secondary N) is 1. The maximum Gasteiger partial charge on any atom is 0.353 e. The number of carboxylic acids is 1. The van der Waals surface area contributed by atoms with Gasteiger partial charge in [-0.25, -0.2) is 14.3 Å². The molecule has 1 saturated carbocycles. The molecule has 164 valence electrons. The zero-order chi connectivity index (χ0) is 22.4. The molecule has 8 heteroatoms. The van der Waals surface area contributed by atoms with Crippen molar-refractivity contribution >= 4 is 11.6 Å². The maximum atomic E-state index is 13.5. The van der Waals surface area contributed by atoms with Crippen molar-refractivity contribution in [3.05, 3.63) is 63.4 Å². The molecular weight excluding hydrogens is 408 g/mol. The first kappa shape index (κ1) is 20.2. The molecule has 1 aliphatic rings. The number of hydrogen-bond acceptors (Lipinski definition) is 5. The largest absolute Gasteiger partial charge is 0.477 e. The van der Waals surface area contributed by atoms with E-state index in [1.54, 1.807) is 0 Å². The summed E-state index contributed by atoms with van der Waals surface area (Å²) in [7, 11) is 0. The molecule has 2 N–H and O–H groups in total. The van der Waals surface area contributed by atoms with Crippen LogP contribution >= 0.6 is 0 Å². The zero-order valence-electron chi connectivity index (χ0n) is 18.0. The number of carboxylic acid groups (broad SMARTS) is 1. The molecule has 3 aromatic heterocycles. The summed E-state index contributed by atoms with van der Waals surface area (Å²) in [6.45, 7) is 3.79. The van der Waals surface area contributed by atoms with E-state index < -0.39 is 5.97 Å². The summed E-state index contributed by atoms with van der Waals surface area (Å²) >= 11 is 0. The predicted octanol–water partition coefficient (Wildman–Crippen LogP) is 4.71. The molecule has 5 rings (SSSR count). The molecular formula is C24H24N4O4. The predicted molar refractivity (Wildman–Crippen MR) is 119 cm³/mol. The number of aryl methyl sites for hydroxylation is 2. The van der Waals surface area contributed by atoms with Gasteiger partial charge in [-0.1, -0.05) is 48.7 Å². The van der Waals surface area contributed by atoms with Crippen LogP contribution in [0.15, 0.2) is 39.6 Å². The minimum absolute atomic E-state index is 0.0601. The van der Waals surface area contributed by atoms with E-state index in [9.17, 15) is 14.7 Å². The molecule has 0 radical (unpaired) electrons. The molecule has 3 heterocycles. The van der Waals surface area contributed by atoms with Crippen LogP contribution in [-0.2, 0) is 0 Å². The van der Waals surface area contributed by atoms with Crippen LogP contribution in [0.25, 0.3) is 28.0 Å². The van der Waals surface area contributed by atoms with Crippen molar-refractivity contribution < 1.29 is 14.4 Å². The smallest absolute Gasteiger partial charge is 0.353 e. The SMILES string of the molecule is Cc1noc(C)c1-c1ccc(-c2nc3cc(C(=O)O)[nH]n3c(=O)c2C2CCCCC2)cc1. The van der Waals surface area contributed by atoms with Gasteiger partial charge in [0.25, 0.3) is 5.56 Å². The summed E-state index contributed by atoms with van der Waals surface area (Å²) in [5, 5.41) is 16.1. The molecule has 0 bridgehead atoms. The Hall–Kier alpha value is -3.68. The lowest BCUT2D eigenvalue weighted by Crippen LogP contribution is -2.25. The van der Waals surface area contributed by atoms with Crippen LogP contribution in [0, 0.1) is 13.8 Å². The summed E-state index contributed by atoms with van der Waals surface area (Å²) in [6, 6.07) is 9.27. The molecule has 1 aromatic carbocycles. The second-order valence-electron chi connectivity index (χ2n) is 8.46. The monoisotopic (exact) mass is 432 g/mol. The van der Waals surface area contributed by atoms with E-state index in [1.807, 2.05) is 38.1 Å². The normalized spacial score (nSPS) is 14.8. The summed E-state index contributed by atoms with van der Waals surface area (Å²) in [5.74, 6) is -0.265. The van der Waals surface area contributed by atoms with Crippen LogP contribution in [0.5, 0.6) is 0 Å². The lowest BCUT2D eigenvalue weighted by molar-refractivity contribution is 0.0690. The Morgan fingerprint density at radius 3 is 2.44 bits per heavy atom. The second-order valence-corrected chi connectivity index (χ2v) is 8.46. The van der Waals surface area contributed by atoms with Gasteiger partial charge in [-0.05, 0) is 38.2 Å². The van der Waals surface area contributed by atoms with Crippen molar-refractivity contribution in [1.29, 1.82) is 0 Å². The fourth-order valence-corrected chi connectivity index (χ4v) is 4.82. The third-order valence-electron chi connectivity index (χ3n) is 6.37. The number of aromatic carboxylic acids is 1. The van der Waals surface area contributed by atoms with E-state index in [4.69, 9.17) is 9.51 Å². The van der Waals surface area contributed by atoms with Gasteiger partial charge in [0.1, 0.15) is 11.5 Å². The van der Waals surface area contributed by atoms with E-state index in [0.717, 1.165) is 53.8 Å². The highest BCUT2D eigenvalue weighted by Gasteiger charge is 2.26. The minimum atomic E-state index is -1.13. The van der Waals surface area contributed by atoms with Crippen molar-refractivity contribution in [3.63, 3.8) is 0 Å². The summed E-state index contributed by atoms with van der Waals surface area (Å²) in [6.07, 6.45) is 5.17. The molecule has 0 saturated heterocycles. The third kappa shape index (κ3) is 3.32. The average Bonchev–Trinajstić information content (AvgIpc) is 3.38. The van der Waals surface area contributed by atoms with Crippen LogP contribution < -0.4 is 5.56 Å². The number of hydrogen-bond donors (Lipinski definition) is 2. The standard InChI is InChI=1S/C24H24N4O4/c1-13-20(14(2)32-27-13)16-8-10-17(11-9-16)22-21(15-6-4-3-5-7-15)23(29)28-19(25-22)12-18(26-28)24(30)31/h8-12,15,26H,3-7H2,1-2H3,(H,30,31). The molecule has 0 unspecified atom stereocenters. The first-order valence-electron chi connectivity index (χ1n) is 10.9. The van der Waals surface area contributed by atoms with E-state index >= 15 is 0 Å². The number of rotatable bonds is 4. The van der Waals surface area contributed by atoms with Gasteiger partial charge in [0.05, 0.1) is 11.4 Å². The number of fused-ring (bicyclic) bond motifs is 1. The zero-order valence-corrected chi connectivity index (χ0v) is 18.0. The average molecular weight is 432 g/mol. The molecule has 0 aliphatic heterocycles. The van der Waals surface area contributed by atoms with Crippen molar-refractivity contribution in [2.75, 3.05) is 0 Å². The third-order valence-corrected chi connectivity index (χ3v) is 6.37.